The zero-order valence-electron chi connectivity index (χ0n) is 32.1. The van der Waals surface area contributed by atoms with E-state index in [1.807, 2.05) is 89.8 Å². The van der Waals surface area contributed by atoms with Gasteiger partial charge >= 0.3 is 12.0 Å². The molecule has 0 aliphatic carbocycles. The van der Waals surface area contributed by atoms with Crippen LogP contribution in [0.4, 0.5) is 10.5 Å². The summed E-state index contributed by atoms with van der Waals surface area (Å²) in [6.07, 6.45) is 3.82. The highest BCUT2D eigenvalue weighted by Gasteiger charge is 2.74. The first-order valence-corrected chi connectivity index (χ1v) is 20.0. The van der Waals surface area contributed by atoms with E-state index in [1.54, 1.807) is 18.2 Å². The lowest BCUT2D eigenvalue weighted by molar-refractivity contribution is -0.179. The number of hydrogen-bond donors (Lipinski definition) is 4. The molecule has 0 bridgehead atoms. The van der Waals surface area contributed by atoms with Gasteiger partial charge in [-0.1, -0.05) is 110 Å². The highest BCUT2D eigenvalue weighted by atomic mass is 16.6. The molecule has 5 N–H and O–H groups in total. The molecule has 1 spiro atoms. The molecule has 3 fully saturated rings. The number of benzene rings is 4. The molecule has 58 heavy (non-hydrogen) atoms. The van der Waals surface area contributed by atoms with Gasteiger partial charge in [-0.3, -0.25) is 19.3 Å². The maximum absolute atomic E-state index is 15.7. The number of para-hydroxylation sites is 1. The molecule has 0 aromatic heterocycles. The smallest absolute Gasteiger partial charge is 0.324 e. The van der Waals surface area contributed by atoms with E-state index >= 15 is 14.4 Å². The number of primary amides is 1. The maximum Gasteiger partial charge on any atom is 0.324 e. The number of esters is 1. The van der Waals surface area contributed by atoms with Crippen molar-refractivity contribution in [3.8, 4) is 17.6 Å². The number of aliphatic hydroxyl groups is 1. The van der Waals surface area contributed by atoms with Crippen LogP contribution in [0.1, 0.15) is 78.1 Å². The highest BCUT2D eigenvalue weighted by molar-refractivity contribution is 6.12. The quantitative estimate of drug-likeness (QED) is 0.141. The number of carbonyl (C=O) groups excluding carboxylic acids is 4. The fourth-order valence-corrected chi connectivity index (χ4v) is 9.56. The number of nitrogens with zero attached hydrogens (tertiary/aromatic N) is 2. The van der Waals surface area contributed by atoms with Gasteiger partial charge in [-0.15, -0.1) is 0 Å². The number of cyclic esters (lactones) is 1. The minimum absolute atomic E-state index is 0.00430. The second kappa shape index (κ2) is 16.7. The molecule has 12 nitrogen and oxygen atoms in total. The molecule has 4 aromatic carbocycles. The number of morpholine rings is 1. The Morgan fingerprint density at radius 1 is 0.879 bits per heavy atom. The van der Waals surface area contributed by atoms with Crippen molar-refractivity contribution in [1.29, 1.82) is 0 Å². The molecule has 12 heteroatoms. The summed E-state index contributed by atoms with van der Waals surface area (Å²) in [7, 11) is 0. The summed E-state index contributed by atoms with van der Waals surface area (Å²) in [5, 5.41) is 15.6. The average Bonchev–Trinajstić information content (AvgIpc) is 3.70. The number of nitrogens with two attached hydrogens (primary N) is 1. The van der Waals surface area contributed by atoms with Crippen LogP contribution in [0.25, 0.3) is 0 Å². The monoisotopic (exact) mass is 781 g/mol. The molecule has 3 saturated heterocycles. The Morgan fingerprint density at radius 3 is 2.26 bits per heavy atom. The molecule has 8 rings (SSSR count). The number of aliphatic hydroxyl groups excluding tert-OH is 1. The molecule has 0 radical (unpaired) electrons. The summed E-state index contributed by atoms with van der Waals surface area (Å²) >= 11 is 0. The van der Waals surface area contributed by atoms with Crippen LogP contribution in [0.15, 0.2) is 103 Å². The molecule has 6 atom stereocenters. The van der Waals surface area contributed by atoms with E-state index < -0.39 is 53.5 Å². The topological polar surface area (TPSA) is 164 Å². The summed E-state index contributed by atoms with van der Waals surface area (Å²) in [6, 6.07) is 28.5. The average molecular weight is 782 g/mol. The van der Waals surface area contributed by atoms with Gasteiger partial charge in [0.25, 0.3) is 0 Å². The predicted octanol–water partition coefficient (Wildman–Crippen LogP) is 5.14. The van der Waals surface area contributed by atoms with E-state index in [0.29, 0.717) is 41.2 Å². The van der Waals surface area contributed by atoms with Gasteiger partial charge in [0.2, 0.25) is 11.8 Å². The Hall–Kier alpha value is -6.16. The second-order valence-electron chi connectivity index (χ2n) is 15.2. The Balaban J connectivity index is 1.43. The Labute approximate surface area is 337 Å². The first-order valence-electron chi connectivity index (χ1n) is 20.0. The number of urea groups is 1. The van der Waals surface area contributed by atoms with Crippen molar-refractivity contribution in [3.05, 3.63) is 131 Å². The standard InChI is InChI=1S/C46H47N5O7/c47-45(56)48-24-14-15-30-22-23-35-34(29-30)46(44(55)49-35)37(42(53)50-25-12-2-1-3-13-26-50)39-43(54)58-40(32-18-8-5-9-19-32)38(31-16-6-4-7-17-31)51(39)41(46)33-20-10-11-21-36(33)57-28-27-52/h4-11,16-23,29,37-41,52H,1-3,12-13,24-28H2,(H,49,55)(H3,47,48,56)/t37-,38-,39-,40+,41+,46-/m1/s1. The van der Waals surface area contributed by atoms with E-state index in [0.717, 1.165) is 43.2 Å². The number of carbonyl (C=O) groups is 4. The van der Waals surface area contributed by atoms with Gasteiger partial charge in [0.15, 0.2) is 0 Å². The molecule has 0 saturated carbocycles. The van der Waals surface area contributed by atoms with Gasteiger partial charge in [-0.25, -0.2) is 4.79 Å². The third-order valence-electron chi connectivity index (χ3n) is 11.9. The SMILES string of the molecule is NC(=O)NCC#Cc1ccc2c(c1)[C@]1(C(=O)N2)[C@H](c2ccccc2OCCO)N2[C@H](c3ccccc3)[C@H](c3ccccc3)OC(=O)[C@H]2[C@@H]1C(=O)N1CCCCCCC1. The Morgan fingerprint density at radius 2 is 1.55 bits per heavy atom. The van der Waals surface area contributed by atoms with Gasteiger partial charge in [-0.2, -0.15) is 0 Å². The van der Waals surface area contributed by atoms with E-state index in [9.17, 15) is 9.90 Å². The van der Waals surface area contributed by atoms with Crippen LogP contribution in [-0.4, -0.2) is 77.6 Å². The van der Waals surface area contributed by atoms with Crippen molar-refractivity contribution in [3.63, 3.8) is 0 Å². The van der Waals surface area contributed by atoms with Crippen LogP contribution in [0.3, 0.4) is 0 Å². The normalized spacial score (nSPS) is 25.3. The maximum atomic E-state index is 15.7. The van der Waals surface area contributed by atoms with Crippen molar-refractivity contribution >= 4 is 29.5 Å². The van der Waals surface area contributed by atoms with E-state index in [4.69, 9.17) is 15.2 Å². The molecular weight excluding hydrogens is 735 g/mol. The van der Waals surface area contributed by atoms with Crippen molar-refractivity contribution in [2.45, 2.75) is 61.7 Å². The third-order valence-corrected chi connectivity index (χ3v) is 11.9. The third kappa shape index (κ3) is 6.94. The molecule has 0 unspecified atom stereocenters. The highest BCUT2D eigenvalue weighted by Crippen LogP contribution is 2.66. The van der Waals surface area contributed by atoms with Crippen LogP contribution in [0, 0.1) is 17.8 Å². The van der Waals surface area contributed by atoms with Crippen molar-refractivity contribution in [2.24, 2.45) is 11.7 Å². The van der Waals surface area contributed by atoms with Crippen molar-refractivity contribution < 1.29 is 33.8 Å². The van der Waals surface area contributed by atoms with E-state index in [1.165, 1.54) is 0 Å². The molecule has 4 heterocycles. The molecule has 4 aliphatic rings. The molecule has 298 valence electrons. The summed E-state index contributed by atoms with van der Waals surface area (Å²) < 4.78 is 12.8. The van der Waals surface area contributed by atoms with Crippen LogP contribution < -0.4 is 21.1 Å². The van der Waals surface area contributed by atoms with Crippen LogP contribution in [-0.2, 0) is 24.5 Å². The lowest BCUT2D eigenvalue weighted by atomic mass is 9.64. The summed E-state index contributed by atoms with van der Waals surface area (Å²) in [5.41, 5.74) is 7.30. The number of amides is 4. The Kier molecular flexibility index (Phi) is 11.2. The van der Waals surface area contributed by atoms with E-state index in [-0.39, 0.29) is 25.7 Å². The van der Waals surface area contributed by atoms with Gasteiger partial charge < -0.3 is 35.8 Å². The fraction of sp³-hybridized carbons (Fsp3) is 0.348. The van der Waals surface area contributed by atoms with Gasteiger partial charge in [0.05, 0.1) is 31.2 Å². The number of nitrogens with one attached hydrogen (secondary N) is 2. The Bertz CT molecular complexity index is 2230. The number of rotatable bonds is 8. The second-order valence-corrected chi connectivity index (χ2v) is 15.2. The lowest BCUT2D eigenvalue weighted by Crippen LogP contribution is -2.55. The minimum Gasteiger partial charge on any atom is -0.491 e. The number of fused-ring (bicyclic) bond motifs is 3. The first-order chi connectivity index (χ1) is 28.3. The summed E-state index contributed by atoms with van der Waals surface area (Å²) in [4.78, 5) is 61.7. The summed E-state index contributed by atoms with van der Waals surface area (Å²) in [5.74, 6) is 3.87. The summed E-state index contributed by atoms with van der Waals surface area (Å²) in [6.45, 7) is 0.724. The zero-order valence-corrected chi connectivity index (χ0v) is 32.1. The van der Waals surface area contributed by atoms with Crippen LogP contribution in [0.5, 0.6) is 5.75 Å². The first kappa shape index (κ1) is 38.7. The van der Waals surface area contributed by atoms with Gasteiger partial charge in [0.1, 0.15) is 29.9 Å². The molecule has 4 aromatic rings. The minimum atomic E-state index is -1.71. The number of anilines is 1. The molecule has 4 aliphatic heterocycles. The lowest BCUT2D eigenvalue weighted by Gasteiger charge is -2.46. The van der Waals surface area contributed by atoms with Gasteiger partial charge in [0, 0.05) is 29.9 Å². The molecular formula is C46H47N5O7. The van der Waals surface area contributed by atoms with Crippen molar-refractivity contribution in [2.75, 3.05) is 38.2 Å². The predicted molar refractivity (Wildman–Crippen MR) is 216 cm³/mol. The number of hydrogen-bond acceptors (Lipinski definition) is 8. The van der Waals surface area contributed by atoms with Crippen LogP contribution >= 0.6 is 0 Å². The zero-order chi connectivity index (χ0) is 40.2. The fourth-order valence-electron chi connectivity index (χ4n) is 9.56. The number of likely N-dealkylation sites (tertiary alicyclic amines) is 1. The van der Waals surface area contributed by atoms with Crippen LogP contribution in [0.2, 0.25) is 0 Å². The van der Waals surface area contributed by atoms with Gasteiger partial charge in [-0.05, 0) is 53.8 Å². The largest absolute Gasteiger partial charge is 0.491 e. The van der Waals surface area contributed by atoms with E-state index in [2.05, 4.69) is 27.4 Å². The molecule has 4 amide bonds. The number of ether oxygens (including phenoxy) is 2. The van der Waals surface area contributed by atoms with Crippen molar-refractivity contribution in [1.82, 2.24) is 15.1 Å².